The van der Waals surface area contributed by atoms with Crippen LogP contribution in [0.3, 0.4) is 0 Å². The SMILES string of the molecule is O=[N+]([O-])c1ccnc(Nc2ccc3c(c2)OCCO3)c1. The molecule has 102 valence electrons. The molecule has 0 saturated carbocycles. The first-order valence-corrected chi connectivity index (χ1v) is 5.99. The van der Waals surface area contributed by atoms with Crippen molar-refractivity contribution in [2.75, 3.05) is 18.5 Å². The number of benzene rings is 1. The number of fused-ring (bicyclic) bond motifs is 1. The number of nitro groups is 1. The lowest BCUT2D eigenvalue weighted by Gasteiger charge is -2.19. The van der Waals surface area contributed by atoms with Crippen molar-refractivity contribution in [2.45, 2.75) is 0 Å². The minimum absolute atomic E-state index is 0.0138. The van der Waals surface area contributed by atoms with E-state index >= 15 is 0 Å². The van der Waals surface area contributed by atoms with Crippen LogP contribution in [0.2, 0.25) is 0 Å². The summed E-state index contributed by atoms with van der Waals surface area (Å²) >= 11 is 0. The van der Waals surface area contributed by atoms with Crippen LogP contribution in [0.4, 0.5) is 17.2 Å². The van der Waals surface area contributed by atoms with Gasteiger partial charge in [0.1, 0.15) is 19.0 Å². The summed E-state index contributed by atoms with van der Waals surface area (Å²) in [6, 6.07) is 8.07. The first-order chi connectivity index (χ1) is 9.72. The Morgan fingerprint density at radius 1 is 1.15 bits per heavy atom. The van der Waals surface area contributed by atoms with E-state index in [-0.39, 0.29) is 5.69 Å². The van der Waals surface area contributed by atoms with E-state index in [1.165, 1.54) is 18.3 Å². The molecule has 20 heavy (non-hydrogen) atoms. The third-order valence-corrected chi connectivity index (χ3v) is 2.77. The van der Waals surface area contributed by atoms with E-state index in [4.69, 9.17) is 9.47 Å². The van der Waals surface area contributed by atoms with Crippen molar-refractivity contribution in [1.29, 1.82) is 0 Å². The van der Waals surface area contributed by atoms with Gasteiger partial charge in [0.2, 0.25) is 0 Å². The van der Waals surface area contributed by atoms with E-state index in [1.807, 2.05) is 0 Å². The summed E-state index contributed by atoms with van der Waals surface area (Å²) < 4.78 is 10.9. The summed E-state index contributed by atoms with van der Waals surface area (Å²) in [5.74, 6) is 1.73. The van der Waals surface area contributed by atoms with Gasteiger partial charge < -0.3 is 14.8 Å². The van der Waals surface area contributed by atoms with Crippen molar-refractivity contribution in [2.24, 2.45) is 0 Å². The van der Waals surface area contributed by atoms with E-state index in [0.29, 0.717) is 30.5 Å². The molecule has 0 saturated heterocycles. The Morgan fingerprint density at radius 3 is 2.75 bits per heavy atom. The van der Waals surface area contributed by atoms with Gasteiger partial charge in [-0.25, -0.2) is 4.98 Å². The molecule has 0 spiro atoms. The maximum atomic E-state index is 10.7. The number of hydrogen-bond acceptors (Lipinski definition) is 6. The van der Waals surface area contributed by atoms with Gasteiger partial charge in [-0.05, 0) is 12.1 Å². The quantitative estimate of drug-likeness (QED) is 0.683. The van der Waals surface area contributed by atoms with Gasteiger partial charge in [0.25, 0.3) is 5.69 Å². The molecule has 0 amide bonds. The molecule has 0 radical (unpaired) electrons. The summed E-state index contributed by atoms with van der Waals surface area (Å²) in [6.45, 7) is 1.04. The number of ether oxygens (including phenoxy) is 2. The lowest BCUT2D eigenvalue weighted by atomic mass is 10.2. The highest BCUT2D eigenvalue weighted by molar-refractivity contribution is 5.62. The Kier molecular flexibility index (Phi) is 3.08. The van der Waals surface area contributed by atoms with Gasteiger partial charge in [-0.2, -0.15) is 0 Å². The molecule has 0 bridgehead atoms. The van der Waals surface area contributed by atoms with Crippen LogP contribution in [-0.4, -0.2) is 23.1 Å². The molecule has 1 aliphatic rings. The largest absolute Gasteiger partial charge is 0.486 e. The summed E-state index contributed by atoms with van der Waals surface area (Å²) in [6.07, 6.45) is 1.39. The lowest BCUT2D eigenvalue weighted by molar-refractivity contribution is -0.384. The molecule has 0 fully saturated rings. The van der Waals surface area contributed by atoms with Crippen molar-refractivity contribution in [3.63, 3.8) is 0 Å². The normalized spacial score (nSPS) is 12.8. The molecule has 1 N–H and O–H groups in total. The molecule has 3 rings (SSSR count). The standard InChI is InChI=1S/C13H11N3O4/c17-16(18)10-3-4-14-13(8-10)15-9-1-2-11-12(7-9)20-6-5-19-11/h1-4,7-8H,5-6H2,(H,14,15). The number of nitrogens with zero attached hydrogens (tertiary/aromatic N) is 2. The number of nitrogens with one attached hydrogen (secondary N) is 1. The predicted octanol–water partition coefficient (Wildman–Crippen LogP) is 2.50. The Hall–Kier alpha value is -2.83. The van der Waals surface area contributed by atoms with Gasteiger partial charge in [-0.3, -0.25) is 10.1 Å². The van der Waals surface area contributed by atoms with Crippen LogP contribution in [0.1, 0.15) is 0 Å². The number of aromatic nitrogens is 1. The molecule has 7 heteroatoms. The van der Waals surface area contributed by atoms with Crippen LogP contribution >= 0.6 is 0 Å². The van der Waals surface area contributed by atoms with Gasteiger partial charge in [-0.15, -0.1) is 0 Å². The lowest BCUT2D eigenvalue weighted by Crippen LogP contribution is -2.15. The average Bonchev–Trinajstić information content (AvgIpc) is 2.47. The summed E-state index contributed by atoms with van der Waals surface area (Å²) in [7, 11) is 0. The van der Waals surface area contributed by atoms with Gasteiger partial charge in [0, 0.05) is 24.0 Å². The summed E-state index contributed by atoms with van der Waals surface area (Å²) in [4.78, 5) is 14.3. The fourth-order valence-electron chi connectivity index (χ4n) is 1.87. The minimum atomic E-state index is -0.462. The van der Waals surface area contributed by atoms with E-state index < -0.39 is 4.92 Å². The maximum absolute atomic E-state index is 10.7. The second-order valence-electron chi connectivity index (χ2n) is 4.14. The van der Waals surface area contributed by atoms with Gasteiger partial charge in [0.15, 0.2) is 11.5 Å². The fraction of sp³-hybridized carbons (Fsp3) is 0.154. The number of pyridine rings is 1. The van der Waals surface area contributed by atoms with Crippen molar-refractivity contribution in [1.82, 2.24) is 4.98 Å². The van der Waals surface area contributed by atoms with Crippen LogP contribution < -0.4 is 14.8 Å². The smallest absolute Gasteiger partial charge is 0.274 e. The summed E-state index contributed by atoms with van der Waals surface area (Å²) in [5, 5.41) is 13.7. The predicted molar refractivity (Wildman–Crippen MR) is 71.6 cm³/mol. The highest BCUT2D eigenvalue weighted by Crippen LogP contribution is 2.33. The van der Waals surface area contributed by atoms with Gasteiger partial charge in [-0.1, -0.05) is 0 Å². The highest BCUT2D eigenvalue weighted by Gasteiger charge is 2.12. The minimum Gasteiger partial charge on any atom is -0.486 e. The van der Waals surface area contributed by atoms with Crippen LogP contribution in [0.15, 0.2) is 36.5 Å². The molecule has 1 aromatic heterocycles. The number of anilines is 2. The molecule has 7 nitrogen and oxygen atoms in total. The second kappa shape index (κ2) is 5.04. The fourth-order valence-corrected chi connectivity index (χ4v) is 1.87. The zero-order chi connectivity index (χ0) is 13.9. The second-order valence-corrected chi connectivity index (χ2v) is 4.14. The van der Waals surface area contributed by atoms with Crippen LogP contribution in [0.25, 0.3) is 0 Å². The van der Waals surface area contributed by atoms with Crippen molar-refractivity contribution >= 4 is 17.2 Å². The molecule has 0 atom stereocenters. The van der Waals surface area contributed by atoms with Crippen molar-refractivity contribution < 1.29 is 14.4 Å². The topological polar surface area (TPSA) is 86.5 Å². The van der Waals surface area contributed by atoms with Crippen LogP contribution in [-0.2, 0) is 0 Å². The molecule has 0 unspecified atom stereocenters. The molecule has 1 aromatic carbocycles. The molecule has 2 heterocycles. The number of rotatable bonds is 3. The monoisotopic (exact) mass is 273 g/mol. The Balaban J connectivity index is 1.84. The zero-order valence-corrected chi connectivity index (χ0v) is 10.4. The van der Waals surface area contributed by atoms with E-state index in [9.17, 15) is 10.1 Å². The Morgan fingerprint density at radius 2 is 1.95 bits per heavy atom. The van der Waals surface area contributed by atoms with Crippen molar-refractivity contribution in [3.05, 3.63) is 46.6 Å². The Labute approximate surface area is 114 Å². The van der Waals surface area contributed by atoms with Crippen LogP contribution in [0, 0.1) is 10.1 Å². The van der Waals surface area contributed by atoms with Crippen LogP contribution in [0.5, 0.6) is 11.5 Å². The van der Waals surface area contributed by atoms with Gasteiger partial charge >= 0.3 is 0 Å². The molecule has 1 aliphatic heterocycles. The maximum Gasteiger partial charge on any atom is 0.274 e. The van der Waals surface area contributed by atoms with E-state index in [0.717, 1.165) is 5.69 Å². The van der Waals surface area contributed by atoms with Gasteiger partial charge in [0.05, 0.1) is 11.0 Å². The molecular formula is C13H11N3O4. The van der Waals surface area contributed by atoms with Crippen molar-refractivity contribution in [3.8, 4) is 11.5 Å². The molecular weight excluding hydrogens is 262 g/mol. The Bertz CT molecular complexity index is 660. The molecule has 0 aliphatic carbocycles. The summed E-state index contributed by atoms with van der Waals surface area (Å²) in [5.41, 5.74) is 0.710. The number of hydrogen-bond donors (Lipinski definition) is 1. The first kappa shape index (κ1) is 12.2. The first-order valence-electron chi connectivity index (χ1n) is 5.99. The average molecular weight is 273 g/mol. The molecule has 2 aromatic rings. The third-order valence-electron chi connectivity index (χ3n) is 2.77. The third kappa shape index (κ3) is 2.46. The van der Waals surface area contributed by atoms with E-state index in [1.54, 1.807) is 18.2 Å². The van der Waals surface area contributed by atoms with E-state index in [2.05, 4.69) is 10.3 Å². The zero-order valence-electron chi connectivity index (χ0n) is 10.4. The highest BCUT2D eigenvalue weighted by atomic mass is 16.6.